The zero-order valence-corrected chi connectivity index (χ0v) is 10.8. The van der Waals surface area contributed by atoms with Crippen molar-refractivity contribution in [2.45, 2.75) is 20.0 Å². The summed E-state index contributed by atoms with van der Waals surface area (Å²) in [4.78, 5) is 0. The Morgan fingerprint density at radius 2 is 2.24 bits per heavy atom. The monoisotopic (exact) mass is 249 g/mol. The molecule has 17 heavy (non-hydrogen) atoms. The highest BCUT2D eigenvalue weighted by Gasteiger charge is 2.06. The van der Waals surface area contributed by atoms with Crippen LogP contribution in [-0.2, 0) is 13.1 Å². The summed E-state index contributed by atoms with van der Waals surface area (Å²) >= 11 is 6.29. The molecule has 0 aliphatic rings. The first-order valence-corrected chi connectivity index (χ1v) is 6.08. The van der Waals surface area contributed by atoms with Crippen molar-refractivity contribution in [3.63, 3.8) is 0 Å². The molecule has 0 radical (unpaired) electrons. The summed E-state index contributed by atoms with van der Waals surface area (Å²) in [6, 6.07) is 6.13. The Balaban J connectivity index is 2.32. The van der Waals surface area contributed by atoms with Crippen LogP contribution >= 0.6 is 11.6 Å². The average Bonchev–Trinajstić information content (AvgIpc) is 2.78. The summed E-state index contributed by atoms with van der Waals surface area (Å²) in [5, 5.41) is 8.14. The first kappa shape index (κ1) is 12.1. The van der Waals surface area contributed by atoms with E-state index in [1.165, 1.54) is 5.56 Å². The summed E-state index contributed by atoms with van der Waals surface area (Å²) in [6.07, 6.45) is 3.86. The first-order chi connectivity index (χ1) is 8.24. The summed E-state index contributed by atoms with van der Waals surface area (Å²) in [6.45, 7) is 3.76. The molecule has 1 heterocycles. The van der Waals surface area contributed by atoms with Crippen LogP contribution in [0.4, 0.5) is 0 Å². The minimum Gasteiger partial charge on any atom is -0.316 e. The van der Waals surface area contributed by atoms with Crippen LogP contribution < -0.4 is 5.32 Å². The van der Waals surface area contributed by atoms with Crippen LogP contribution in [0.2, 0.25) is 5.02 Å². The summed E-state index contributed by atoms with van der Waals surface area (Å²) in [5.41, 5.74) is 3.28. The summed E-state index contributed by atoms with van der Waals surface area (Å²) < 4.78 is 1.90. The van der Waals surface area contributed by atoms with Gasteiger partial charge in [0.1, 0.15) is 0 Å². The lowest BCUT2D eigenvalue weighted by Crippen LogP contribution is -2.04. The average molecular weight is 250 g/mol. The minimum atomic E-state index is 0.772. The molecule has 0 amide bonds. The Bertz CT molecular complexity index is 505. The lowest BCUT2D eigenvalue weighted by molar-refractivity contribution is 0.660. The second kappa shape index (κ2) is 5.34. The van der Waals surface area contributed by atoms with Crippen molar-refractivity contribution in [2.75, 3.05) is 7.05 Å². The standard InChI is InChI=1S/C13H16ClN3/c1-3-17-9-11(8-16-17)12-5-4-10(7-15-2)6-13(12)14/h4-6,8-9,15H,3,7H2,1-2H3. The molecular weight excluding hydrogens is 234 g/mol. The molecule has 4 heteroatoms. The highest BCUT2D eigenvalue weighted by atomic mass is 35.5. The Morgan fingerprint density at radius 3 is 2.82 bits per heavy atom. The van der Waals surface area contributed by atoms with Gasteiger partial charge in [0.05, 0.1) is 6.20 Å². The number of nitrogens with zero attached hydrogens (tertiary/aromatic N) is 2. The van der Waals surface area contributed by atoms with Gasteiger partial charge in [-0.3, -0.25) is 4.68 Å². The summed E-state index contributed by atoms with van der Waals surface area (Å²) in [5.74, 6) is 0. The predicted octanol–water partition coefficient (Wildman–Crippen LogP) is 2.94. The van der Waals surface area contributed by atoms with Gasteiger partial charge in [0.2, 0.25) is 0 Å². The van der Waals surface area contributed by atoms with Crippen LogP contribution in [-0.4, -0.2) is 16.8 Å². The number of hydrogen-bond acceptors (Lipinski definition) is 2. The van der Waals surface area contributed by atoms with Crippen molar-refractivity contribution in [3.05, 3.63) is 41.2 Å². The molecule has 1 aromatic heterocycles. The number of benzene rings is 1. The third kappa shape index (κ3) is 2.68. The zero-order valence-electron chi connectivity index (χ0n) is 10.1. The lowest BCUT2D eigenvalue weighted by atomic mass is 10.1. The molecular formula is C13H16ClN3. The van der Waals surface area contributed by atoms with Crippen molar-refractivity contribution < 1.29 is 0 Å². The lowest BCUT2D eigenvalue weighted by Gasteiger charge is -2.05. The number of aromatic nitrogens is 2. The molecule has 3 nitrogen and oxygen atoms in total. The highest BCUT2D eigenvalue weighted by molar-refractivity contribution is 6.33. The van der Waals surface area contributed by atoms with Crippen LogP contribution in [0.3, 0.4) is 0 Å². The Kier molecular flexibility index (Phi) is 3.82. The topological polar surface area (TPSA) is 29.9 Å². The number of hydrogen-bond donors (Lipinski definition) is 1. The molecule has 1 aromatic carbocycles. The van der Waals surface area contributed by atoms with E-state index in [2.05, 4.69) is 23.4 Å². The van der Waals surface area contributed by atoms with Gasteiger partial charge in [0.25, 0.3) is 0 Å². The maximum Gasteiger partial charge on any atom is 0.0568 e. The van der Waals surface area contributed by atoms with Gasteiger partial charge in [0, 0.05) is 35.4 Å². The molecule has 0 saturated carbocycles. The highest BCUT2D eigenvalue weighted by Crippen LogP contribution is 2.28. The fraction of sp³-hybridized carbons (Fsp3) is 0.308. The van der Waals surface area contributed by atoms with Gasteiger partial charge in [-0.15, -0.1) is 0 Å². The molecule has 1 N–H and O–H groups in total. The fourth-order valence-corrected chi connectivity index (χ4v) is 2.09. The zero-order chi connectivity index (χ0) is 12.3. The SMILES string of the molecule is CCn1cc(-c2ccc(CNC)cc2Cl)cn1. The molecule has 0 saturated heterocycles. The van der Waals surface area contributed by atoms with Crippen LogP contribution in [0.25, 0.3) is 11.1 Å². The van der Waals surface area contributed by atoms with E-state index >= 15 is 0 Å². The predicted molar refractivity (Wildman–Crippen MR) is 71.1 cm³/mol. The molecule has 0 fully saturated rings. The van der Waals surface area contributed by atoms with Crippen molar-refractivity contribution in [3.8, 4) is 11.1 Å². The first-order valence-electron chi connectivity index (χ1n) is 5.70. The third-order valence-corrected chi connectivity index (χ3v) is 3.00. The molecule has 2 aromatic rings. The normalized spacial score (nSPS) is 10.8. The number of halogens is 1. The molecule has 0 unspecified atom stereocenters. The van der Waals surface area contributed by atoms with Crippen molar-refractivity contribution in [2.24, 2.45) is 0 Å². The van der Waals surface area contributed by atoms with Gasteiger partial charge in [-0.25, -0.2) is 0 Å². The molecule has 0 bridgehead atoms. The van der Waals surface area contributed by atoms with Gasteiger partial charge in [-0.05, 0) is 25.6 Å². The molecule has 0 spiro atoms. The number of rotatable bonds is 4. The number of aryl methyl sites for hydroxylation is 1. The van der Waals surface area contributed by atoms with Crippen molar-refractivity contribution in [1.29, 1.82) is 0 Å². The van der Waals surface area contributed by atoms with Gasteiger partial charge >= 0.3 is 0 Å². The molecule has 0 aliphatic carbocycles. The Morgan fingerprint density at radius 1 is 1.41 bits per heavy atom. The molecule has 2 rings (SSSR count). The fourth-order valence-electron chi connectivity index (χ4n) is 1.78. The van der Waals surface area contributed by atoms with E-state index in [1.54, 1.807) is 0 Å². The van der Waals surface area contributed by atoms with E-state index in [0.717, 1.165) is 29.2 Å². The van der Waals surface area contributed by atoms with E-state index in [1.807, 2.05) is 36.3 Å². The second-order valence-corrected chi connectivity index (χ2v) is 4.34. The Hall–Kier alpha value is -1.32. The number of nitrogens with one attached hydrogen (secondary N) is 1. The van der Waals surface area contributed by atoms with E-state index < -0.39 is 0 Å². The quantitative estimate of drug-likeness (QED) is 0.903. The summed E-state index contributed by atoms with van der Waals surface area (Å²) in [7, 11) is 1.92. The van der Waals surface area contributed by atoms with E-state index in [9.17, 15) is 0 Å². The van der Waals surface area contributed by atoms with E-state index in [-0.39, 0.29) is 0 Å². The minimum absolute atomic E-state index is 0.772. The molecule has 0 aliphatic heterocycles. The van der Waals surface area contributed by atoms with Crippen LogP contribution in [0.15, 0.2) is 30.6 Å². The third-order valence-electron chi connectivity index (χ3n) is 2.68. The van der Waals surface area contributed by atoms with Crippen LogP contribution in [0, 0.1) is 0 Å². The van der Waals surface area contributed by atoms with Crippen LogP contribution in [0.1, 0.15) is 12.5 Å². The van der Waals surface area contributed by atoms with E-state index in [4.69, 9.17) is 11.6 Å². The van der Waals surface area contributed by atoms with Crippen molar-refractivity contribution >= 4 is 11.6 Å². The maximum atomic E-state index is 6.29. The van der Waals surface area contributed by atoms with Gasteiger partial charge in [-0.1, -0.05) is 23.7 Å². The van der Waals surface area contributed by atoms with Crippen molar-refractivity contribution in [1.82, 2.24) is 15.1 Å². The Labute approximate surface area is 106 Å². The second-order valence-electron chi connectivity index (χ2n) is 3.93. The maximum absolute atomic E-state index is 6.29. The largest absolute Gasteiger partial charge is 0.316 e. The molecule has 90 valence electrons. The van der Waals surface area contributed by atoms with Gasteiger partial charge < -0.3 is 5.32 Å². The van der Waals surface area contributed by atoms with Gasteiger partial charge in [-0.2, -0.15) is 5.10 Å². The van der Waals surface area contributed by atoms with E-state index in [0.29, 0.717) is 0 Å². The smallest absolute Gasteiger partial charge is 0.0568 e. The van der Waals surface area contributed by atoms with Gasteiger partial charge in [0.15, 0.2) is 0 Å². The molecule has 0 atom stereocenters. The van der Waals surface area contributed by atoms with Crippen LogP contribution in [0.5, 0.6) is 0 Å².